The van der Waals surface area contributed by atoms with E-state index in [4.69, 9.17) is 4.74 Å². The fourth-order valence-electron chi connectivity index (χ4n) is 0.811. The Morgan fingerprint density at radius 1 is 1.50 bits per heavy atom. The Bertz CT molecular complexity index is 208. The van der Waals surface area contributed by atoms with Crippen LogP contribution >= 0.6 is 0 Å². The summed E-state index contributed by atoms with van der Waals surface area (Å²) < 4.78 is 5.14. The molecule has 1 unspecified atom stereocenters. The summed E-state index contributed by atoms with van der Waals surface area (Å²) in [5.74, 6) is 0. The molecule has 1 atom stereocenters. The van der Waals surface area contributed by atoms with Crippen molar-refractivity contribution in [2.45, 2.75) is 45.8 Å². The molecule has 0 aromatic heterocycles. The first kappa shape index (κ1) is 12.9. The second-order valence-corrected chi connectivity index (χ2v) is 4.34. The van der Waals surface area contributed by atoms with Gasteiger partial charge in [0.25, 0.3) is 0 Å². The molecule has 0 aromatic carbocycles. The Labute approximate surface area is 85.2 Å². The van der Waals surface area contributed by atoms with E-state index in [1.807, 2.05) is 20.8 Å². The maximum absolute atomic E-state index is 11.5. The first-order valence-electron chi connectivity index (χ1n) is 4.67. The minimum absolute atomic E-state index is 0.123. The molecule has 1 amide bonds. The van der Waals surface area contributed by atoms with Crippen LogP contribution in [0.2, 0.25) is 0 Å². The molecule has 0 heterocycles. The lowest BCUT2D eigenvalue weighted by atomic mass is 10.2. The van der Waals surface area contributed by atoms with Crippen molar-refractivity contribution in [3.63, 3.8) is 0 Å². The lowest BCUT2D eigenvalue weighted by Crippen LogP contribution is -2.39. The molecule has 0 aromatic rings. The van der Waals surface area contributed by atoms with Gasteiger partial charge in [-0.25, -0.2) is 4.79 Å². The molecule has 0 N–H and O–H groups in total. The van der Waals surface area contributed by atoms with Gasteiger partial charge >= 0.3 is 6.09 Å². The van der Waals surface area contributed by atoms with Gasteiger partial charge in [-0.2, -0.15) is 0 Å². The summed E-state index contributed by atoms with van der Waals surface area (Å²) in [5.41, 5.74) is -0.494. The zero-order valence-electron chi connectivity index (χ0n) is 9.53. The van der Waals surface area contributed by atoms with Crippen molar-refractivity contribution < 1.29 is 14.3 Å². The van der Waals surface area contributed by atoms with Crippen molar-refractivity contribution in [1.29, 1.82) is 0 Å². The van der Waals surface area contributed by atoms with E-state index in [1.165, 1.54) is 4.90 Å². The summed E-state index contributed by atoms with van der Waals surface area (Å²) in [5, 5.41) is 0. The first-order valence-corrected chi connectivity index (χ1v) is 4.67. The summed E-state index contributed by atoms with van der Waals surface area (Å²) >= 11 is 0. The standard InChI is InChI=1S/C10H19NO3/c1-8(6-7-12)11(5)9(13)14-10(2,3)4/h7-8H,6H2,1-5H3. The third kappa shape index (κ3) is 4.84. The molecule has 82 valence electrons. The van der Waals surface area contributed by atoms with E-state index in [1.54, 1.807) is 14.0 Å². The fourth-order valence-corrected chi connectivity index (χ4v) is 0.811. The summed E-state index contributed by atoms with van der Waals surface area (Å²) in [6.45, 7) is 7.23. The van der Waals surface area contributed by atoms with Crippen molar-refractivity contribution in [3.05, 3.63) is 0 Å². The van der Waals surface area contributed by atoms with Crippen molar-refractivity contribution in [1.82, 2.24) is 4.90 Å². The highest BCUT2D eigenvalue weighted by Gasteiger charge is 2.22. The van der Waals surface area contributed by atoms with E-state index >= 15 is 0 Å². The summed E-state index contributed by atoms with van der Waals surface area (Å²) in [7, 11) is 1.63. The predicted molar refractivity (Wildman–Crippen MR) is 54.1 cm³/mol. The van der Waals surface area contributed by atoms with Crippen LogP contribution in [0.15, 0.2) is 0 Å². The highest BCUT2D eigenvalue weighted by molar-refractivity contribution is 5.68. The number of rotatable bonds is 3. The second kappa shape index (κ2) is 4.98. The minimum atomic E-state index is -0.494. The molecule has 0 rings (SSSR count). The second-order valence-electron chi connectivity index (χ2n) is 4.34. The SMILES string of the molecule is CC(CC=O)N(C)C(=O)OC(C)(C)C. The summed E-state index contributed by atoms with van der Waals surface area (Å²) in [4.78, 5) is 23.1. The largest absolute Gasteiger partial charge is 0.444 e. The van der Waals surface area contributed by atoms with E-state index in [-0.39, 0.29) is 6.04 Å². The van der Waals surface area contributed by atoms with Crippen LogP contribution in [0.3, 0.4) is 0 Å². The molecule has 0 aliphatic carbocycles. The molecular formula is C10H19NO3. The van der Waals surface area contributed by atoms with Gasteiger partial charge in [0.1, 0.15) is 11.9 Å². The van der Waals surface area contributed by atoms with Crippen LogP contribution in [0.4, 0.5) is 4.79 Å². The number of aldehydes is 1. The van der Waals surface area contributed by atoms with Crippen LogP contribution in [0, 0.1) is 0 Å². The Kier molecular flexibility index (Phi) is 4.60. The van der Waals surface area contributed by atoms with Crippen molar-refractivity contribution in [2.75, 3.05) is 7.05 Å². The number of carbonyl (C=O) groups is 2. The van der Waals surface area contributed by atoms with Gasteiger partial charge in [-0.1, -0.05) is 0 Å². The molecule has 4 nitrogen and oxygen atoms in total. The van der Waals surface area contributed by atoms with Crippen LogP contribution in [-0.2, 0) is 9.53 Å². The maximum Gasteiger partial charge on any atom is 0.410 e. The smallest absolute Gasteiger partial charge is 0.410 e. The first-order chi connectivity index (χ1) is 6.28. The molecule has 0 radical (unpaired) electrons. The van der Waals surface area contributed by atoms with Crippen molar-refractivity contribution in [3.8, 4) is 0 Å². The number of hydrogen-bond acceptors (Lipinski definition) is 3. The van der Waals surface area contributed by atoms with E-state index in [9.17, 15) is 9.59 Å². The van der Waals surface area contributed by atoms with E-state index < -0.39 is 11.7 Å². The van der Waals surface area contributed by atoms with E-state index in [0.29, 0.717) is 6.42 Å². The molecule has 4 heteroatoms. The topological polar surface area (TPSA) is 46.6 Å². The minimum Gasteiger partial charge on any atom is -0.444 e. The van der Waals surface area contributed by atoms with Gasteiger partial charge in [-0.3, -0.25) is 0 Å². The Hall–Kier alpha value is -1.06. The molecule has 0 aliphatic rings. The highest BCUT2D eigenvalue weighted by Crippen LogP contribution is 2.11. The quantitative estimate of drug-likeness (QED) is 0.654. The Balaban J connectivity index is 4.18. The van der Waals surface area contributed by atoms with E-state index in [0.717, 1.165) is 6.29 Å². The molecule has 0 saturated heterocycles. The third-order valence-electron chi connectivity index (χ3n) is 1.78. The normalized spacial score (nSPS) is 13.2. The van der Waals surface area contributed by atoms with Crippen LogP contribution in [0.25, 0.3) is 0 Å². The van der Waals surface area contributed by atoms with Gasteiger partial charge in [0, 0.05) is 19.5 Å². The van der Waals surface area contributed by atoms with Crippen LogP contribution in [-0.4, -0.2) is 36.0 Å². The van der Waals surface area contributed by atoms with Gasteiger partial charge < -0.3 is 14.4 Å². The zero-order valence-corrected chi connectivity index (χ0v) is 9.53. The lowest BCUT2D eigenvalue weighted by molar-refractivity contribution is -0.108. The zero-order chi connectivity index (χ0) is 11.4. The van der Waals surface area contributed by atoms with Crippen LogP contribution < -0.4 is 0 Å². The average Bonchev–Trinajstić information content (AvgIpc) is 2.00. The molecule has 14 heavy (non-hydrogen) atoms. The van der Waals surface area contributed by atoms with Gasteiger partial charge in [-0.15, -0.1) is 0 Å². The summed E-state index contributed by atoms with van der Waals surface area (Å²) in [6.07, 6.45) is 0.730. The van der Waals surface area contributed by atoms with E-state index in [2.05, 4.69) is 0 Å². The molecule has 0 spiro atoms. The van der Waals surface area contributed by atoms with Crippen LogP contribution in [0.1, 0.15) is 34.1 Å². The summed E-state index contributed by atoms with van der Waals surface area (Å²) in [6, 6.07) is -0.123. The number of amides is 1. The maximum atomic E-state index is 11.5. The van der Waals surface area contributed by atoms with Crippen LogP contribution in [0.5, 0.6) is 0 Å². The van der Waals surface area contributed by atoms with Crippen molar-refractivity contribution >= 4 is 12.4 Å². The monoisotopic (exact) mass is 201 g/mol. The Morgan fingerprint density at radius 2 is 2.00 bits per heavy atom. The molecule has 0 aliphatic heterocycles. The van der Waals surface area contributed by atoms with Gasteiger partial charge in [-0.05, 0) is 27.7 Å². The molecular weight excluding hydrogens is 182 g/mol. The molecule has 0 bridgehead atoms. The third-order valence-corrected chi connectivity index (χ3v) is 1.78. The molecule has 0 fully saturated rings. The predicted octanol–water partition coefficient (Wildman–Crippen LogP) is 1.83. The fraction of sp³-hybridized carbons (Fsp3) is 0.800. The highest BCUT2D eigenvalue weighted by atomic mass is 16.6. The Morgan fingerprint density at radius 3 is 2.36 bits per heavy atom. The number of hydrogen-bond donors (Lipinski definition) is 0. The average molecular weight is 201 g/mol. The number of ether oxygens (including phenoxy) is 1. The van der Waals surface area contributed by atoms with Gasteiger partial charge in [0.2, 0.25) is 0 Å². The lowest BCUT2D eigenvalue weighted by Gasteiger charge is -2.27. The molecule has 0 saturated carbocycles. The number of carbonyl (C=O) groups excluding carboxylic acids is 2. The number of nitrogens with zero attached hydrogens (tertiary/aromatic N) is 1. The van der Waals surface area contributed by atoms with Gasteiger partial charge in [0.15, 0.2) is 0 Å². The van der Waals surface area contributed by atoms with Crippen molar-refractivity contribution in [2.24, 2.45) is 0 Å². The van der Waals surface area contributed by atoms with Gasteiger partial charge in [0.05, 0.1) is 0 Å².